The third-order valence-corrected chi connectivity index (χ3v) is 3.02. The second-order valence-corrected chi connectivity index (χ2v) is 4.18. The first-order chi connectivity index (χ1) is 8.21. The Hall–Kier alpha value is -2.25. The van der Waals surface area contributed by atoms with Crippen LogP contribution in [0.2, 0.25) is 0 Å². The molecule has 2 heterocycles. The van der Waals surface area contributed by atoms with Crippen molar-refractivity contribution in [2.75, 3.05) is 11.9 Å². The van der Waals surface area contributed by atoms with E-state index in [1.165, 1.54) is 10.7 Å². The van der Waals surface area contributed by atoms with Gasteiger partial charge in [0.15, 0.2) is 5.65 Å². The first kappa shape index (κ1) is 9.94. The number of aromatic nitrogens is 5. The van der Waals surface area contributed by atoms with Crippen molar-refractivity contribution in [3.63, 3.8) is 0 Å². The van der Waals surface area contributed by atoms with Crippen LogP contribution in [0.3, 0.4) is 0 Å². The number of carbonyl (C=O) groups is 1. The molecule has 1 saturated carbocycles. The zero-order chi connectivity index (χ0) is 11.9. The summed E-state index contributed by atoms with van der Waals surface area (Å²) in [5.41, 5.74) is -0.105. The number of rotatable bonds is 4. The molecule has 3 rings (SSSR count). The molecule has 17 heavy (non-hydrogen) atoms. The fourth-order valence-electron chi connectivity index (χ4n) is 1.67. The molecule has 0 saturated heterocycles. The monoisotopic (exact) mass is 234 g/mol. The summed E-state index contributed by atoms with van der Waals surface area (Å²) in [6.45, 7) is 0.364. The molecule has 0 radical (unpaired) electrons. The lowest BCUT2D eigenvalue weighted by molar-refractivity contribution is -0.142. The molecule has 8 heteroatoms. The number of carboxylic acids is 1. The van der Waals surface area contributed by atoms with E-state index < -0.39 is 11.4 Å². The Morgan fingerprint density at radius 2 is 2.35 bits per heavy atom. The molecule has 0 amide bonds. The van der Waals surface area contributed by atoms with Crippen molar-refractivity contribution in [2.24, 2.45) is 5.41 Å². The van der Waals surface area contributed by atoms with Crippen LogP contribution in [0, 0.1) is 5.41 Å². The van der Waals surface area contributed by atoms with Crippen LogP contribution in [-0.2, 0) is 4.79 Å². The van der Waals surface area contributed by atoms with Crippen LogP contribution in [0.25, 0.3) is 5.65 Å². The second kappa shape index (κ2) is 3.37. The van der Waals surface area contributed by atoms with Crippen molar-refractivity contribution in [3.8, 4) is 0 Å². The van der Waals surface area contributed by atoms with Gasteiger partial charge in [-0.05, 0) is 23.3 Å². The van der Waals surface area contributed by atoms with Crippen molar-refractivity contribution in [1.82, 2.24) is 25.0 Å². The van der Waals surface area contributed by atoms with Gasteiger partial charge in [0.1, 0.15) is 5.82 Å². The average molecular weight is 234 g/mol. The van der Waals surface area contributed by atoms with E-state index in [0.29, 0.717) is 30.9 Å². The van der Waals surface area contributed by atoms with Crippen LogP contribution in [0.5, 0.6) is 0 Å². The molecule has 0 spiro atoms. The lowest BCUT2D eigenvalue weighted by Crippen LogP contribution is -2.25. The third kappa shape index (κ3) is 1.57. The number of tetrazole rings is 1. The van der Waals surface area contributed by atoms with E-state index in [4.69, 9.17) is 5.11 Å². The lowest BCUT2D eigenvalue weighted by atomic mass is 10.1. The zero-order valence-electron chi connectivity index (χ0n) is 8.87. The van der Waals surface area contributed by atoms with Crippen molar-refractivity contribution in [3.05, 3.63) is 12.4 Å². The van der Waals surface area contributed by atoms with Crippen LogP contribution in [0.1, 0.15) is 12.8 Å². The van der Waals surface area contributed by atoms with Crippen LogP contribution in [0.4, 0.5) is 5.82 Å². The molecule has 2 N–H and O–H groups in total. The highest BCUT2D eigenvalue weighted by Gasteiger charge is 2.50. The van der Waals surface area contributed by atoms with Gasteiger partial charge in [0.05, 0.1) is 17.8 Å². The SMILES string of the molecule is O=C(O)C1(CNc2cncc3nnnn23)CC1. The minimum atomic E-state index is -0.762. The third-order valence-electron chi connectivity index (χ3n) is 3.02. The number of carboxylic acid groups (broad SMARTS) is 1. The molecular weight excluding hydrogens is 224 g/mol. The number of anilines is 1. The normalized spacial score (nSPS) is 16.9. The zero-order valence-corrected chi connectivity index (χ0v) is 8.87. The first-order valence-corrected chi connectivity index (χ1v) is 5.21. The summed E-state index contributed by atoms with van der Waals surface area (Å²) in [4.78, 5) is 15.0. The standard InChI is InChI=1S/C9H10N6O2/c16-8(17)9(1-2-9)5-11-6-3-10-4-7-12-13-14-15(6)7/h3-4,11H,1-2,5H2,(H,16,17). The molecule has 0 atom stereocenters. The van der Waals surface area contributed by atoms with Gasteiger partial charge in [0, 0.05) is 6.54 Å². The van der Waals surface area contributed by atoms with Crippen molar-refractivity contribution >= 4 is 17.4 Å². The van der Waals surface area contributed by atoms with Crippen molar-refractivity contribution in [2.45, 2.75) is 12.8 Å². The predicted molar refractivity (Wildman–Crippen MR) is 56.4 cm³/mol. The topological polar surface area (TPSA) is 105 Å². The fraction of sp³-hybridized carbons (Fsp3) is 0.444. The number of hydrogen-bond acceptors (Lipinski definition) is 6. The molecule has 0 aromatic carbocycles. The minimum absolute atomic E-state index is 0.364. The predicted octanol–water partition coefficient (Wildman–Crippen LogP) is -0.204. The highest BCUT2D eigenvalue weighted by atomic mass is 16.4. The molecule has 8 nitrogen and oxygen atoms in total. The molecule has 0 aliphatic heterocycles. The lowest BCUT2D eigenvalue weighted by Gasteiger charge is -2.11. The largest absolute Gasteiger partial charge is 0.481 e. The molecular formula is C9H10N6O2. The quantitative estimate of drug-likeness (QED) is 0.754. The Kier molecular flexibility index (Phi) is 1.97. The Labute approximate surface area is 95.7 Å². The van der Waals surface area contributed by atoms with Gasteiger partial charge in [-0.3, -0.25) is 9.78 Å². The number of nitrogens with zero attached hydrogens (tertiary/aromatic N) is 5. The van der Waals surface area contributed by atoms with E-state index in [1.807, 2.05) is 0 Å². The summed E-state index contributed by atoms with van der Waals surface area (Å²) in [7, 11) is 0. The summed E-state index contributed by atoms with van der Waals surface area (Å²) in [6.07, 6.45) is 4.51. The van der Waals surface area contributed by atoms with Gasteiger partial charge in [0.25, 0.3) is 0 Å². The molecule has 2 aromatic rings. The van der Waals surface area contributed by atoms with Gasteiger partial charge in [-0.15, -0.1) is 5.10 Å². The maximum absolute atomic E-state index is 11.0. The molecule has 88 valence electrons. The molecule has 1 fully saturated rings. The minimum Gasteiger partial charge on any atom is -0.481 e. The Morgan fingerprint density at radius 1 is 1.53 bits per heavy atom. The first-order valence-electron chi connectivity index (χ1n) is 5.21. The van der Waals surface area contributed by atoms with E-state index in [0.717, 1.165) is 0 Å². The van der Waals surface area contributed by atoms with Gasteiger partial charge in [-0.25, -0.2) is 0 Å². The molecule has 0 unspecified atom stereocenters. The number of fused-ring (bicyclic) bond motifs is 1. The van der Waals surface area contributed by atoms with Crippen LogP contribution in [0.15, 0.2) is 12.4 Å². The summed E-state index contributed by atoms with van der Waals surface area (Å²) in [6, 6.07) is 0. The van der Waals surface area contributed by atoms with Crippen molar-refractivity contribution < 1.29 is 9.90 Å². The van der Waals surface area contributed by atoms with Gasteiger partial charge >= 0.3 is 5.97 Å². The second-order valence-electron chi connectivity index (χ2n) is 4.18. The smallest absolute Gasteiger partial charge is 0.311 e. The maximum Gasteiger partial charge on any atom is 0.311 e. The molecule has 2 aromatic heterocycles. The fourth-order valence-corrected chi connectivity index (χ4v) is 1.67. The summed E-state index contributed by atoms with van der Waals surface area (Å²) >= 11 is 0. The average Bonchev–Trinajstić information content (AvgIpc) is 2.96. The van der Waals surface area contributed by atoms with E-state index in [2.05, 4.69) is 25.8 Å². The van der Waals surface area contributed by atoms with Gasteiger partial charge in [-0.1, -0.05) is 0 Å². The number of aliphatic carboxylic acids is 1. The highest BCUT2D eigenvalue weighted by molar-refractivity contribution is 5.78. The number of hydrogen-bond donors (Lipinski definition) is 2. The van der Waals surface area contributed by atoms with Crippen LogP contribution < -0.4 is 5.32 Å². The number of nitrogens with one attached hydrogen (secondary N) is 1. The highest BCUT2D eigenvalue weighted by Crippen LogP contribution is 2.45. The summed E-state index contributed by atoms with van der Waals surface area (Å²) in [5.74, 6) is -0.165. The van der Waals surface area contributed by atoms with Crippen LogP contribution >= 0.6 is 0 Å². The van der Waals surface area contributed by atoms with Gasteiger partial charge < -0.3 is 10.4 Å². The molecule has 1 aliphatic carbocycles. The van der Waals surface area contributed by atoms with Gasteiger partial charge in [0.2, 0.25) is 0 Å². The molecule has 1 aliphatic rings. The van der Waals surface area contributed by atoms with Crippen LogP contribution in [-0.4, -0.2) is 42.6 Å². The van der Waals surface area contributed by atoms with E-state index in [1.54, 1.807) is 6.20 Å². The summed E-state index contributed by atoms with van der Waals surface area (Å²) in [5, 5.41) is 23.2. The van der Waals surface area contributed by atoms with E-state index in [9.17, 15) is 4.79 Å². The molecule has 0 bridgehead atoms. The van der Waals surface area contributed by atoms with Gasteiger partial charge in [-0.2, -0.15) is 4.52 Å². The Bertz CT molecular complexity index is 576. The Balaban J connectivity index is 1.81. The summed E-state index contributed by atoms with van der Waals surface area (Å²) < 4.78 is 1.49. The van der Waals surface area contributed by atoms with E-state index in [-0.39, 0.29) is 0 Å². The van der Waals surface area contributed by atoms with E-state index >= 15 is 0 Å². The maximum atomic E-state index is 11.0. The van der Waals surface area contributed by atoms with Crippen molar-refractivity contribution in [1.29, 1.82) is 0 Å². The Morgan fingerprint density at radius 3 is 3.06 bits per heavy atom.